The minimum Gasteiger partial charge on any atom is -0.377 e. The van der Waals surface area contributed by atoms with Crippen molar-refractivity contribution in [1.82, 2.24) is 14.5 Å². The molecule has 1 saturated heterocycles. The fourth-order valence-corrected chi connectivity index (χ4v) is 3.12. The number of guanidine groups is 1. The van der Waals surface area contributed by atoms with Crippen molar-refractivity contribution in [3.05, 3.63) is 0 Å². The fourth-order valence-electron chi connectivity index (χ4n) is 2.21. The van der Waals surface area contributed by atoms with Gasteiger partial charge in [-0.05, 0) is 19.3 Å². The normalized spacial score (nSPS) is 19.1. The second kappa shape index (κ2) is 8.55. The van der Waals surface area contributed by atoms with Gasteiger partial charge in [0.2, 0.25) is 10.0 Å². The van der Waals surface area contributed by atoms with Crippen LogP contribution in [0.4, 0.5) is 0 Å². The van der Waals surface area contributed by atoms with E-state index >= 15 is 0 Å². The molecule has 0 bridgehead atoms. The minimum absolute atomic E-state index is 0.00903. The third kappa shape index (κ3) is 7.10. The Balaban J connectivity index is 2.39. The molecule has 21 heavy (non-hydrogen) atoms. The Bertz CT molecular complexity index is 419. The van der Waals surface area contributed by atoms with E-state index in [1.54, 1.807) is 0 Å². The molecule has 1 N–H and O–H groups in total. The van der Waals surface area contributed by atoms with Gasteiger partial charge in [0, 0.05) is 41.3 Å². The van der Waals surface area contributed by atoms with Crippen LogP contribution < -0.4 is 4.72 Å². The molecule has 0 amide bonds. The molecule has 1 unspecified atom stereocenters. The summed E-state index contributed by atoms with van der Waals surface area (Å²) in [5.41, 5.74) is 0. The molecule has 0 spiro atoms. The van der Waals surface area contributed by atoms with Crippen molar-refractivity contribution in [3.8, 4) is 0 Å². The first kappa shape index (κ1) is 18.2. The second-order valence-electron chi connectivity index (χ2n) is 5.63. The van der Waals surface area contributed by atoms with Crippen molar-refractivity contribution in [3.63, 3.8) is 0 Å². The van der Waals surface area contributed by atoms with E-state index < -0.39 is 10.0 Å². The van der Waals surface area contributed by atoms with Gasteiger partial charge in [0.15, 0.2) is 5.96 Å². The highest BCUT2D eigenvalue weighted by molar-refractivity contribution is 7.89. The monoisotopic (exact) mass is 320 g/mol. The average Bonchev–Trinajstić information content (AvgIpc) is 2.42. The van der Waals surface area contributed by atoms with E-state index in [0.29, 0.717) is 6.54 Å². The van der Waals surface area contributed by atoms with Gasteiger partial charge in [0.25, 0.3) is 0 Å². The topological polar surface area (TPSA) is 74.2 Å². The van der Waals surface area contributed by atoms with E-state index in [9.17, 15) is 8.42 Å². The van der Waals surface area contributed by atoms with Crippen LogP contribution >= 0.6 is 0 Å². The molecule has 8 heteroatoms. The van der Waals surface area contributed by atoms with Crippen LogP contribution in [0.2, 0.25) is 0 Å². The third-order valence-electron chi connectivity index (χ3n) is 3.22. The van der Waals surface area contributed by atoms with Crippen LogP contribution in [-0.4, -0.2) is 83.9 Å². The van der Waals surface area contributed by atoms with Gasteiger partial charge in [0.1, 0.15) is 0 Å². The van der Waals surface area contributed by atoms with Crippen LogP contribution in [0.5, 0.6) is 0 Å². The number of hydrogen-bond donors (Lipinski definition) is 1. The molecule has 0 aromatic heterocycles. The Morgan fingerprint density at radius 1 is 1.24 bits per heavy atom. The first-order valence-corrected chi connectivity index (χ1v) is 8.95. The Hall–Kier alpha value is -0.860. The van der Waals surface area contributed by atoms with Crippen LogP contribution in [0.15, 0.2) is 4.99 Å². The summed E-state index contributed by atoms with van der Waals surface area (Å²) in [6, 6.07) is 0. The number of hydrogen-bond acceptors (Lipinski definition) is 4. The highest BCUT2D eigenvalue weighted by Crippen LogP contribution is 2.11. The molecule has 0 aromatic carbocycles. The lowest BCUT2D eigenvalue weighted by molar-refractivity contribution is 0.0200. The summed E-state index contributed by atoms with van der Waals surface area (Å²) in [5, 5.41) is 0. The minimum atomic E-state index is -3.30. The molecule has 0 aromatic rings. The third-order valence-corrected chi connectivity index (χ3v) is 4.54. The molecule has 1 heterocycles. The number of rotatable bonds is 6. The summed E-state index contributed by atoms with van der Waals surface area (Å²) in [5.74, 6) is 0.742. The summed E-state index contributed by atoms with van der Waals surface area (Å²) >= 11 is 0. The van der Waals surface area contributed by atoms with Gasteiger partial charge in [-0.3, -0.25) is 4.99 Å². The van der Waals surface area contributed by atoms with Crippen molar-refractivity contribution in [1.29, 1.82) is 0 Å². The molecule has 0 radical (unpaired) electrons. The second-order valence-corrected chi connectivity index (χ2v) is 7.55. The van der Waals surface area contributed by atoms with Gasteiger partial charge in [-0.2, -0.15) is 0 Å². The molecule has 1 fully saturated rings. The predicted molar refractivity (Wildman–Crippen MR) is 85.1 cm³/mol. The van der Waals surface area contributed by atoms with E-state index in [2.05, 4.69) is 9.71 Å². The summed E-state index contributed by atoms with van der Waals surface area (Å²) in [6.45, 7) is 1.33. The zero-order valence-electron chi connectivity index (χ0n) is 13.5. The van der Waals surface area contributed by atoms with E-state index in [4.69, 9.17) is 4.74 Å². The average molecular weight is 320 g/mol. The highest BCUT2D eigenvalue weighted by Gasteiger charge is 2.17. The van der Waals surface area contributed by atoms with Crippen LogP contribution in [0, 0.1) is 0 Å². The lowest BCUT2D eigenvalue weighted by Gasteiger charge is -2.23. The summed E-state index contributed by atoms with van der Waals surface area (Å²) in [4.78, 5) is 8.03. The molecule has 7 nitrogen and oxygen atoms in total. The zero-order valence-corrected chi connectivity index (χ0v) is 14.3. The van der Waals surface area contributed by atoms with E-state index in [-0.39, 0.29) is 18.4 Å². The molecule has 124 valence electrons. The van der Waals surface area contributed by atoms with Crippen LogP contribution in [0.3, 0.4) is 0 Å². The molecule has 0 saturated carbocycles. The van der Waals surface area contributed by atoms with Gasteiger partial charge in [-0.1, -0.05) is 0 Å². The van der Waals surface area contributed by atoms with Gasteiger partial charge in [-0.15, -0.1) is 0 Å². The quantitative estimate of drug-likeness (QED) is 0.549. The molecule has 1 rings (SSSR count). The van der Waals surface area contributed by atoms with E-state index in [1.165, 1.54) is 0 Å². The number of nitrogens with one attached hydrogen (secondary N) is 1. The van der Waals surface area contributed by atoms with Crippen molar-refractivity contribution in [2.24, 2.45) is 4.99 Å². The highest BCUT2D eigenvalue weighted by atomic mass is 32.2. The molecule has 1 atom stereocenters. The predicted octanol–water partition coefficient (Wildman–Crippen LogP) is -0.0459. The summed E-state index contributed by atoms with van der Waals surface area (Å²) in [7, 11) is 4.22. The smallest absolute Gasteiger partial charge is 0.213 e. The Morgan fingerprint density at radius 3 is 2.43 bits per heavy atom. The van der Waals surface area contributed by atoms with Crippen molar-refractivity contribution >= 4 is 16.0 Å². The number of sulfonamides is 1. The van der Waals surface area contributed by atoms with E-state index in [0.717, 1.165) is 31.8 Å². The number of ether oxygens (including phenoxy) is 1. The maximum absolute atomic E-state index is 11.9. The Morgan fingerprint density at radius 2 is 1.90 bits per heavy atom. The maximum atomic E-state index is 11.9. The Kier molecular flexibility index (Phi) is 7.41. The van der Waals surface area contributed by atoms with Crippen LogP contribution in [-0.2, 0) is 14.8 Å². The maximum Gasteiger partial charge on any atom is 0.213 e. The van der Waals surface area contributed by atoms with Crippen LogP contribution in [0.1, 0.15) is 19.3 Å². The van der Waals surface area contributed by atoms with E-state index in [1.807, 2.05) is 38.0 Å². The molecule has 1 aliphatic rings. The first-order chi connectivity index (χ1) is 9.82. The summed E-state index contributed by atoms with van der Waals surface area (Å²) in [6.07, 6.45) is 3.10. The van der Waals surface area contributed by atoms with Crippen molar-refractivity contribution < 1.29 is 13.2 Å². The van der Waals surface area contributed by atoms with Crippen LogP contribution in [0.25, 0.3) is 0 Å². The molecular weight excluding hydrogens is 292 g/mol. The first-order valence-electron chi connectivity index (χ1n) is 7.30. The largest absolute Gasteiger partial charge is 0.377 e. The molecule has 0 aliphatic carbocycles. The van der Waals surface area contributed by atoms with Gasteiger partial charge in [0.05, 0.1) is 18.4 Å². The lowest BCUT2D eigenvalue weighted by Crippen LogP contribution is -2.38. The van der Waals surface area contributed by atoms with Gasteiger partial charge in [-0.25, -0.2) is 13.1 Å². The van der Waals surface area contributed by atoms with Gasteiger partial charge >= 0.3 is 0 Å². The van der Waals surface area contributed by atoms with Gasteiger partial charge < -0.3 is 14.5 Å². The zero-order chi connectivity index (χ0) is 15.9. The number of aliphatic imine (C=N–C) groups is 1. The SMILES string of the molecule is CN(C)C(=NCCS(=O)(=O)NCC1CCCCO1)N(C)C. The molecule has 1 aliphatic heterocycles. The summed E-state index contributed by atoms with van der Waals surface area (Å²) < 4.78 is 32.0. The standard InChI is InChI=1S/C13H28N4O3S/c1-16(2)13(17(3)4)14-8-10-21(18,19)15-11-12-7-5-6-9-20-12/h12,15H,5-11H2,1-4H3. The van der Waals surface area contributed by atoms with Crippen molar-refractivity contribution in [2.75, 3.05) is 53.6 Å². The van der Waals surface area contributed by atoms with Crippen molar-refractivity contribution in [2.45, 2.75) is 25.4 Å². The lowest BCUT2D eigenvalue weighted by atomic mass is 10.1. The Labute approximate surface area is 128 Å². The fraction of sp³-hybridized carbons (Fsp3) is 0.923. The number of nitrogens with zero attached hydrogens (tertiary/aromatic N) is 3. The molecular formula is C13H28N4O3S.